The summed E-state index contributed by atoms with van der Waals surface area (Å²) in [6, 6.07) is 10.6. The Morgan fingerprint density at radius 2 is 1.91 bits per heavy atom. The van der Waals surface area contributed by atoms with E-state index in [4.69, 9.17) is 4.74 Å². The first-order valence-electron chi connectivity index (χ1n) is 8.30. The molecule has 0 bridgehead atoms. The summed E-state index contributed by atoms with van der Waals surface area (Å²) in [4.78, 5) is 14.5. The lowest BCUT2D eigenvalue weighted by molar-refractivity contribution is -0.156. The standard InChI is InChI=1S/C19H29NO2/c1-15-10-17(11-18(21)22-19(2,3)4)14-20(12-15)13-16-8-6-5-7-9-16/h5-9,15,17H,10-14H2,1-4H3/t15-,17-/m1/s1. The summed E-state index contributed by atoms with van der Waals surface area (Å²) in [5.74, 6) is 0.971. The molecule has 122 valence electrons. The Balaban J connectivity index is 1.89. The molecule has 1 aromatic rings. The van der Waals surface area contributed by atoms with E-state index >= 15 is 0 Å². The maximum absolute atomic E-state index is 12.1. The van der Waals surface area contributed by atoms with Crippen LogP contribution in [0.25, 0.3) is 0 Å². The van der Waals surface area contributed by atoms with Crippen LogP contribution < -0.4 is 0 Å². The molecule has 1 fully saturated rings. The highest BCUT2D eigenvalue weighted by Crippen LogP contribution is 2.26. The number of carbonyl (C=O) groups is 1. The van der Waals surface area contributed by atoms with Gasteiger partial charge in [-0.15, -0.1) is 0 Å². The van der Waals surface area contributed by atoms with Crippen molar-refractivity contribution in [3.63, 3.8) is 0 Å². The number of likely N-dealkylation sites (tertiary alicyclic amines) is 1. The molecule has 1 aliphatic rings. The summed E-state index contributed by atoms with van der Waals surface area (Å²) in [6.45, 7) is 11.1. The predicted octanol–water partition coefficient (Wildman–Crippen LogP) is 3.88. The van der Waals surface area contributed by atoms with Gasteiger partial charge in [-0.2, -0.15) is 0 Å². The van der Waals surface area contributed by atoms with Gasteiger partial charge in [0.2, 0.25) is 0 Å². The molecule has 2 rings (SSSR count). The number of nitrogens with zero attached hydrogens (tertiary/aromatic N) is 1. The molecule has 22 heavy (non-hydrogen) atoms. The van der Waals surface area contributed by atoms with E-state index in [9.17, 15) is 4.79 Å². The SMILES string of the molecule is C[C@@H]1C[C@H](CC(=O)OC(C)(C)C)CN(Cc2ccccc2)C1. The van der Waals surface area contributed by atoms with Crippen molar-refractivity contribution in [2.24, 2.45) is 11.8 Å². The average molecular weight is 303 g/mol. The predicted molar refractivity (Wildman–Crippen MR) is 89.5 cm³/mol. The number of ether oxygens (including phenoxy) is 1. The Labute approximate surface area is 134 Å². The zero-order valence-electron chi connectivity index (χ0n) is 14.3. The summed E-state index contributed by atoms with van der Waals surface area (Å²) in [5.41, 5.74) is 0.953. The second kappa shape index (κ2) is 7.28. The molecule has 0 aromatic heterocycles. The minimum Gasteiger partial charge on any atom is -0.460 e. The molecule has 0 saturated carbocycles. The van der Waals surface area contributed by atoms with Gasteiger partial charge in [0.1, 0.15) is 5.60 Å². The van der Waals surface area contributed by atoms with Gasteiger partial charge in [0.05, 0.1) is 0 Å². The average Bonchev–Trinajstić information content (AvgIpc) is 2.36. The zero-order chi connectivity index (χ0) is 16.2. The molecule has 3 nitrogen and oxygen atoms in total. The fraction of sp³-hybridized carbons (Fsp3) is 0.632. The van der Waals surface area contributed by atoms with Crippen LogP contribution >= 0.6 is 0 Å². The Morgan fingerprint density at radius 3 is 2.55 bits per heavy atom. The summed E-state index contributed by atoms with van der Waals surface area (Å²) in [5, 5.41) is 0. The first-order chi connectivity index (χ1) is 10.3. The van der Waals surface area contributed by atoms with Crippen molar-refractivity contribution < 1.29 is 9.53 Å². The van der Waals surface area contributed by atoms with E-state index < -0.39 is 0 Å². The van der Waals surface area contributed by atoms with Crippen molar-refractivity contribution in [2.75, 3.05) is 13.1 Å². The molecular formula is C19H29NO2. The summed E-state index contributed by atoms with van der Waals surface area (Å²) < 4.78 is 5.47. The van der Waals surface area contributed by atoms with E-state index in [1.807, 2.05) is 26.8 Å². The van der Waals surface area contributed by atoms with Gasteiger partial charge in [0, 0.05) is 26.1 Å². The third-order valence-corrected chi connectivity index (χ3v) is 3.95. The molecular weight excluding hydrogens is 274 g/mol. The summed E-state index contributed by atoms with van der Waals surface area (Å²) >= 11 is 0. The molecule has 3 heteroatoms. The van der Waals surface area contributed by atoms with Crippen molar-refractivity contribution in [2.45, 2.75) is 52.7 Å². The Morgan fingerprint density at radius 1 is 1.23 bits per heavy atom. The third-order valence-electron chi connectivity index (χ3n) is 3.95. The summed E-state index contributed by atoms with van der Waals surface area (Å²) in [7, 11) is 0. The number of piperidine rings is 1. The lowest BCUT2D eigenvalue weighted by atomic mass is 9.88. The van der Waals surface area contributed by atoms with Crippen molar-refractivity contribution in [1.29, 1.82) is 0 Å². The molecule has 0 amide bonds. The van der Waals surface area contributed by atoms with Gasteiger partial charge < -0.3 is 4.74 Å². The van der Waals surface area contributed by atoms with Gasteiger partial charge in [-0.25, -0.2) is 0 Å². The number of hydrogen-bond acceptors (Lipinski definition) is 3. The minimum atomic E-state index is -0.388. The molecule has 0 unspecified atom stereocenters. The minimum absolute atomic E-state index is 0.0636. The number of carbonyl (C=O) groups excluding carboxylic acids is 1. The largest absolute Gasteiger partial charge is 0.460 e. The topological polar surface area (TPSA) is 29.5 Å². The Kier molecular flexibility index (Phi) is 5.63. The van der Waals surface area contributed by atoms with Gasteiger partial charge in [-0.3, -0.25) is 9.69 Å². The van der Waals surface area contributed by atoms with Crippen LogP contribution in [0.4, 0.5) is 0 Å². The zero-order valence-corrected chi connectivity index (χ0v) is 14.3. The van der Waals surface area contributed by atoms with E-state index in [0.29, 0.717) is 18.3 Å². The van der Waals surface area contributed by atoms with Crippen LogP contribution in [0, 0.1) is 11.8 Å². The number of esters is 1. The highest BCUT2D eigenvalue weighted by molar-refractivity contribution is 5.70. The Bertz CT molecular complexity index is 478. The van der Waals surface area contributed by atoms with Crippen LogP contribution in [0.1, 0.15) is 46.1 Å². The molecule has 1 saturated heterocycles. The van der Waals surface area contributed by atoms with E-state index in [2.05, 4.69) is 36.1 Å². The smallest absolute Gasteiger partial charge is 0.306 e. The lowest BCUT2D eigenvalue weighted by Gasteiger charge is -2.36. The fourth-order valence-corrected chi connectivity index (χ4v) is 3.34. The van der Waals surface area contributed by atoms with Crippen molar-refractivity contribution in [3.05, 3.63) is 35.9 Å². The van der Waals surface area contributed by atoms with Crippen molar-refractivity contribution in [3.8, 4) is 0 Å². The monoisotopic (exact) mass is 303 g/mol. The Hall–Kier alpha value is -1.35. The first-order valence-corrected chi connectivity index (χ1v) is 8.30. The molecule has 1 aromatic carbocycles. The number of hydrogen-bond donors (Lipinski definition) is 0. The maximum Gasteiger partial charge on any atom is 0.306 e. The second-order valence-electron chi connectivity index (χ2n) is 7.68. The van der Waals surface area contributed by atoms with Crippen LogP contribution in [-0.4, -0.2) is 29.6 Å². The van der Waals surface area contributed by atoms with Crippen LogP contribution in [-0.2, 0) is 16.1 Å². The van der Waals surface area contributed by atoms with E-state index in [1.165, 1.54) is 5.56 Å². The summed E-state index contributed by atoms with van der Waals surface area (Å²) in [6.07, 6.45) is 1.65. The molecule has 1 heterocycles. The maximum atomic E-state index is 12.1. The van der Waals surface area contributed by atoms with E-state index in [-0.39, 0.29) is 11.6 Å². The molecule has 0 N–H and O–H groups in total. The molecule has 2 atom stereocenters. The van der Waals surface area contributed by atoms with Gasteiger partial charge in [-0.1, -0.05) is 37.3 Å². The van der Waals surface area contributed by atoms with Crippen LogP contribution in [0.5, 0.6) is 0 Å². The molecule has 1 aliphatic heterocycles. The second-order valence-corrected chi connectivity index (χ2v) is 7.68. The first kappa shape index (κ1) is 17.0. The van der Waals surface area contributed by atoms with Crippen molar-refractivity contribution >= 4 is 5.97 Å². The van der Waals surface area contributed by atoms with Crippen LogP contribution in [0.3, 0.4) is 0 Å². The van der Waals surface area contributed by atoms with Crippen molar-refractivity contribution in [1.82, 2.24) is 4.90 Å². The lowest BCUT2D eigenvalue weighted by Crippen LogP contribution is -2.40. The number of benzene rings is 1. The van der Waals surface area contributed by atoms with Gasteiger partial charge >= 0.3 is 5.97 Å². The normalized spacial score (nSPS) is 23.3. The molecule has 0 spiro atoms. The van der Waals surface area contributed by atoms with Gasteiger partial charge in [0.25, 0.3) is 0 Å². The van der Waals surface area contributed by atoms with Gasteiger partial charge in [0.15, 0.2) is 0 Å². The fourth-order valence-electron chi connectivity index (χ4n) is 3.34. The third kappa shape index (κ3) is 5.80. The van der Waals surface area contributed by atoms with Gasteiger partial charge in [-0.05, 0) is 44.6 Å². The van der Waals surface area contributed by atoms with Crippen LogP contribution in [0.15, 0.2) is 30.3 Å². The highest BCUT2D eigenvalue weighted by Gasteiger charge is 2.28. The van der Waals surface area contributed by atoms with E-state index in [1.54, 1.807) is 0 Å². The number of rotatable bonds is 4. The van der Waals surface area contributed by atoms with Crippen LogP contribution in [0.2, 0.25) is 0 Å². The quantitative estimate of drug-likeness (QED) is 0.791. The molecule has 0 aliphatic carbocycles. The molecule has 0 radical (unpaired) electrons. The van der Waals surface area contributed by atoms with E-state index in [0.717, 1.165) is 26.1 Å². The highest BCUT2D eigenvalue weighted by atomic mass is 16.6.